The maximum absolute atomic E-state index is 11.9. The van der Waals surface area contributed by atoms with Crippen molar-refractivity contribution >= 4 is 35.4 Å². The highest BCUT2D eigenvalue weighted by Crippen LogP contribution is 2.25. The molecule has 3 N–H and O–H groups in total. The fourth-order valence-electron chi connectivity index (χ4n) is 2.79. The van der Waals surface area contributed by atoms with Gasteiger partial charge in [-0.25, -0.2) is 0 Å². The second kappa shape index (κ2) is 9.58. The number of hydrogen-bond donors (Lipinski definition) is 3. The molecule has 1 aromatic heterocycles. The molecule has 26 heavy (non-hydrogen) atoms. The number of likely N-dealkylation sites (N-methyl/N-ethyl adjacent to an activating group) is 1. The fourth-order valence-corrected chi connectivity index (χ4v) is 3.42. The van der Waals surface area contributed by atoms with Crippen LogP contribution in [-0.4, -0.2) is 69.6 Å². The largest absolute Gasteiger partial charge is 0.480 e. The van der Waals surface area contributed by atoms with E-state index in [4.69, 9.17) is 9.63 Å². The summed E-state index contributed by atoms with van der Waals surface area (Å²) in [6, 6.07) is 1.89. The minimum Gasteiger partial charge on any atom is -0.480 e. The van der Waals surface area contributed by atoms with Gasteiger partial charge in [-0.05, 0) is 26.3 Å². The van der Waals surface area contributed by atoms with Gasteiger partial charge in [0.2, 0.25) is 11.8 Å². The molecular weight excluding hydrogens is 360 g/mol. The first-order chi connectivity index (χ1) is 12.4. The van der Waals surface area contributed by atoms with Crippen molar-refractivity contribution in [2.24, 2.45) is 0 Å². The number of anilines is 1. The van der Waals surface area contributed by atoms with Gasteiger partial charge in [0, 0.05) is 18.2 Å². The van der Waals surface area contributed by atoms with Gasteiger partial charge >= 0.3 is 5.97 Å². The Hall–Kier alpha value is -2.07. The van der Waals surface area contributed by atoms with Gasteiger partial charge in [-0.1, -0.05) is 12.1 Å². The lowest BCUT2D eigenvalue weighted by Gasteiger charge is -2.42. The van der Waals surface area contributed by atoms with Gasteiger partial charge in [0.05, 0.1) is 18.1 Å². The van der Waals surface area contributed by atoms with Gasteiger partial charge in [-0.2, -0.15) is 0 Å². The average Bonchev–Trinajstić information content (AvgIpc) is 2.93. The third kappa shape index (κ3) is 6.34. The van der Waals surface area contributed by atoms with Crippen LogP contribution in [0.3, 0.4) is 0 Å². The number of hydrogen-bond acceptors (Lipinski definition) is 7. The van der Waals surface area contributed by atoms with Crippen LogP contribution in [0.1, 0.15) is 25.5 Å². The highest BCUT2D eigenvalue weighted by Gasteiger charge is 2.34. The normalized spacial score (nSPS) is 19.0. The van der Waals surface area contributed by atoms with Crippen molar-refractivity contribution in [1.29, 1.82) is 0 Å². The van der Waals surface area contributed by atoms with Crippen LogP contribution in [0.25, 0.3) is 0 Å². The molecule has 1 aliphatic carbocycles. The first-order valence-electron chi connectivity index (χ1n) is 8.43. The zero-order valence-electron chi connectivity index (χ0n) is 14.9. The number of carboxylic acid groups (broad SMARTS) is 1. The molecule has 0 atom stereocenters. The summed E-state index contributed by atoms with van der Waals surface area (Å²) < 4.78 is 4.85. The number of carboxylic acids is 1. The number of thioether (sulfide) groups is 1. The molecule has 10 heteroatoms. The summed E-state index contributed by atoms with van der Waals surface area (Å²) in [7, 11) is 0. The van der Waals surface area contributed by atoms with Crippen LogP contribution in [0.2, 0.25) is 0 Å². The van der Waals surface area contributed by atoms with Crippen LogP contribution < -0.4 is 10.6 Å². The summed E-state index contributed by atoms with van der Waals surface area (Å²) in [6.07, 6.45) is 1.51. The molecule has 0 spiro atoms. The molecule has 0 unspecified atom stereocenters. The maximum Gasteiger partial charge on any atom is 0.317 e. The maximum atomic E-state index is 11.9. The van der Waals surface area contributed by atoms with E-state index in [0.29, 0.717) is 18.1 Å². The predicted octanol–water partition coefficient (Wildman–Crippen LogP) is 0.708. The van der Waals surface area contributed by atoms with Gasteiger partial charge in [0.25, 0.3) is 0 Å². The van der Waals surface area contributed by atoms with Crippen molar-refractivity contribution < 1.29 is 24.0 Å². The van der Waals surface area contributed by atoms with Crippen LogP contribution in [0, 0.1) is 6.92 Å². The van der Waals surface area contributed by atoms with Gasteiger partial charge < -0.3 is 20.3 Å². The lowest BCUT2D eigenvalue weighted by molar-refractivity contribution is -0.139. The van der Waals surface area contributed by atoms with E-state index in [1.54, 1.807) is 13.0 Å². The summed E-state index contributed by atoms with van der Waals surface area (Å²) in [5.41, 5.74) is 0. The minimum atomic E-state index is -0.838. The molecule has 1 fully saturated rings. The van der Waals surface area contributed by atoms with E-state index in [-0.39, 0.29) is 41.9 Å². The summed E-state index contributed by atoms with van der Waals surface area (Å²) in [5.74, 6) is 0.108. The van der Waals surface area contributed by atoms with Gasteiger partial charge in [0.15, 0.2) is 5.82 Å². The lowest BCUT2D eigenvalue weighted by atomic mass is 9.85. The van der Waals surface area contributed by atoms with Gasteiger partial charge in [-0.3, -0.25) is 19.3 Å². The van der Waals surface area contributed by atoms with E-state index in [0.717, 1.165) is 12.8 Å². The zero-order valence-corrected chi connectivity index (χ0v) is 15.7. The van der Waals surface area contributed by atoms with E-state index in [2.05, 4.69) is 15.8 Å². The van der Waals surface area contributed by atoms with E-state index in [9.17, 15) is 14.4 Å². The number of carbonyl (C=O) groups excluding carboxylic acids is 2. The molecule has 0 aromatic carbocycles. The molecule has 1 aromatic rings. The molecule has 144 valence electrons. The standard InChI is InChI=1S/C16H24N4O5S/c1-3-20(7-16(23)24)12-5-11(6-12)17-14(21)8-26-9-15(22)18-13-4-10(2)25-19-13/h4,11-12H,3,5-9H2,1-2H3,(H,17,21)(H,23,24)(H,18,19,22). The number of amides is 2. The first kappa shape index (κ1) is 20.2. The fraction of sp³-hybridized carbons (Fsp3) is 0.625. The van der Waals surface area contributed by atoms with E-state index in [1.165, 1.54) is 11.8 Å². The van der Waals surface area contributed by atoms with Gasteiger partial charge in [-0.15, -0.1) is 11.8 Å². The summed E-state index contributed by atoms with van der Waals surface area (Å²) in [5, 5.41) is 18.0. The van der Waals surface area contributed by atoms with Crippen LogP contribution in [0.5, 0.6) is 0 Å². The molecule has 0 aliphatic heterocycles. The molecule has 1 aliphatic rings. The van der Waals surface area contributed by atoms with Crippen molar-refractivity contribution in [2.45, 2.75) is 38.8 Å². The number of aryl methyl sites for hydroxylation is 1. The summed E-state index contributed by atoms with van der Waals surface area (Å²) in [6.45, 7) is 4.36. The Labute approximate surface area is 155 Å². The Morgan fingerprint density at radius 1 is 1.35 bits per heavy atom. The minimum absolute atomic E-state index is 0.0256. The SMILES string of the molecule is CCN(CC(=O)O)C1CC(NC(=O)CSCC(=O)Nc2cc(C)on2)C1. The van der Waals surface area contributed by atoms with Crippen molar-refractivity contribution in [3.63, 3.8) is 0 Å². The molecule has 0 radical (unpaired) electrons. The Morgan fingerprint density at radius 3 is 2.62 bits per heavy atom. The quantitative estimate of drug-likeness (QED) is 0.539. The van der Waals surface area contributed by atoms with E-state index < -0.39 is 5.97 Å². The van der Waals surface area contributed by atoms with Crippen LogP contribution >= 0.6 is 11.8 Å². The third-order valence-corrected chi connectivity index (χ3v) is 5.03. The van der Waals surface area contributed by atoms with Crippen LogP contribution in [0.15, 0.2) is 10.6 Å². The second-order valence-electron chi connectivity index (χ2n) is 6.21. The van der Waals surface area contributed by atoms with Crippen molar-refractivity contribution in [2.75, 3.05) is 29.9 Å². The third-order valence-electron chi connectivity index (χ3n) is 4.10. The number of aliphatic carboxylic acids is 1. The first-order valence-corrected chi connectivity index (χ1v) is 9.59. The number of nitrogens with one attached hydrogen (secondary N) is 2. The molecular formula is C16H24N4O5S. The number of carbonyl (C=O) groups is 3. The van der Waals surface area contributed by atoms with Gasteiger partial charge in [0.1, 0.15) is 5.76 Å². The molecule has 2 rings (SSSR count). The average molecular weight is 384 g/mol. The van der Waals surface area contributed by atoms with Crippen LogP contribution in [-0.2, 0) is 14.4 Å². The Bertz CT molecular complexity index is 644. The Balaban J connectivity index is 1.58. The lowest BCUT2D eigenvalue weighted by Crippen LogP contribution is -2.55. The molecule has 0 saturated heterocycles. The topological polar surface area (TPSA) is 125 Å². The predicted molar refractivity (Wildman–Crippen MR) is 97.0 cm³/mol. The number of nitrogens with zero attached hydrogens (tertiary/aromatic N) is 2. The Kier molecular flexibility index (Phi) is 7.46. The van der Waals surface area contributed by atoms with Crippen LogP contribution in [0.4, 0.5) is 5.82 Å². The monoisotopic (exact) mass is 384 g/mol. The summed E-state index contributed by atoms with van der Waals surface area (Å²) in [4.78, 5) is 36.4. The molecule has 1 heterocycles. The summed E-state index contributed by atoms with van der Waals surface area (Å²) >= 11 is 1.22. The van der Waals surface area contributed by atoms with E-state index in [1.807, 2.05) is 11.8 Å². The molecule has 1 saturated carbocycles. The number of aromatic nitrogens is 1. The van der Waals surface area contributed by atoms with E-state index >= 15 is 0 Å². The van der Waals surface area contributed by atoms with Crippen molar-refractivity contribution in [1.82, 2.24) is 15.4 Å². The second-order valence-corrected chi connectivity index (χ2v) is 7.20. The molecule has 9 nitrogen and oxygen atoms in total. The highest BCUT2D eigenvalue weighted by molar-refractivity contribution is 8.00. The Morgan fingerprint density at radius 2 is 2.04 bits per heavy atom. The van der Waals surface area contributed by atoms with Crippen molar-refractivity contribution in [3.8, 4) is 0 Å². The zero-order chi connectivity index (χ0) is 19.1. The van der Waals surface area contributed by atoms with Crippen molar-refractivity contribution in [3.05, 3.63) is 11.8 Å². The molecule has 2 amide bonds. The highest BCUT2D eigenvalue weighted by atomic mass is 32.2. The molecule has 0 bridgehead atoms. The number of rotatable bonds is 10. The smallest absolute Gasteiger partial charge is 0.317 e.